The summed E-state index contributed by atoms with van der Waals surface area (Å²) in [5.74, 6) is -0.304. The second kappa shape index (κ2) is 10.0. The van der Waals surface area contributed by atoms with Crippen LogP contribution in [-0.4, -0.2) is 74.8 Å². The van der Waals surface area contributed by atoms with Crippen LogP contribution in [0.5, 0.6) is 0 Å². The second-order valence-corrected chi connectivity index (χ2v) is 12.5. The zero-order valence-electron chi connectivity index (χ0n) is 19.5. The number of fused-ring (bicyclic) bond motifs is 1. The largest absolute Gasteiger partial charge is 0.345 e. The van der Waals surface area contributed by atoms with Gasteiger partial charge >= 0.3 is 0 Å². The zero-order chi connectivity index (χ0) is 24.6. The van der Waals surface area contributed by atoms with Crippen LogP contribution >= 0.6 is 22.9 Å². The molecule has 8 nitrogen and oxygen atoms in total. The van der Waals surface area contributed by atoms with Crippen molar-refractivity contribution >= 4 is 59.9 Å². The Morgan fingerprint density at radius 2 is 1.71 bits per heavy atom. The number of anilines is 2. The first-order valence-corrected chi connectivity index (χ1v) is 14.3. The van der Waals surface area contributed by atoms with Crippen molar-refractivity contribution in [3.8, 4) is 0 Å². The summed E-state index contributed by atoms with van der Waals surface area (Å²) >= 11 is 7.53. The number of hydrogen-bond donors (Lipinski definition) is 1. The SMILES string of the molecule is CN1CCN(c2nc3ccc(NC(=O)C4CCN(S(=O)(=O)c5ccc(Cl)cc5)CC4)cc3s2)CC1. The molecular formula is C24H28ClN5O3S2. The Balaban J connectivity index is 1.20. The number of hydrogen-bond acceptors (Lipinski definition) is 7. The first kappa shape index (κ1) is 24.5. The highest BCUT2D eigenvalue weighted by atomic mass is 35.5. The number of halogens is 1. The van der Waals surface area contributed by atoms with E-state index in [1.807, 2.05) is 18.2 Å². The van der Waals surface area contributed by atoms with E-state index in [1.165, 1.54) is 16.4 Å². The van der Waals surface area contributed by atoms with Gasteiger partial charge in [-0.25, -0.2) is 13.4 Å². The molecule has 1 aromatic heterocycles. The third-order valence-electron chi connectivity index (χ3n) is 6.69. The van der Waals surface area contributed by atoms with Gasteiger partial charge in [0.25, 0.3) is 0 Å². The molecule has 0 spiro atoms. The second-order valence-electron chi connectivity index (χ2n) is 9.09. The number of piperazine rings is 1. The number of benzene rings is 2. The summed E-state index contributed by atoms with van der Waals surface area (Å²) in [5.41, 5.74) is 1.68. The van der Waals surface area contributed by atoms with Crippen LogP contribution in [0.4, 0.5) is 10.8 Å². The van der Waals surface area contributed by atoms with E-state index in [2.05, 4.69) is 22.2 Å². The number of nitrogens with zero attached hydrogens (tertiary/aromatic N) is 4. The van der Waals surface area contributed by atoms with Gasteiger partial charge in [-0.15, -0.1) is 0 Å². The minimum Gasteiger partial charge on any atom is -0.345 e. The van der Waals surface area contributed by atoms with E-state index in [0.29, 0.717) is 31.0 Å². The average Bonchev–Trinajstić information content (AvgIpc) is 3.28. The van der Waals surface area contributed by atoms with Crippen LogP contribution in [0.2, 0.25) is 5.02 Å². The number of rotatable bonds is 5. The van der Waals surface area contributed by atoms with Gasteiger partial charge < -0.3 is 15.1 Å². The van der Waals surface area contributed by atoms with Crippen LogP contribution in [0.15, 0.2) is 47.4 Å². The minimum absolute atomic E-state index is 0.0725. The fourth-order valence-corrected chi connectivity index (χ4v) is 7.13. The first-order valence-electron chi connectivity index (χ1n) is 11.7. The normalized spacial score (nSPS) is 18.7. The first-order chi connectivity index (χ1) is 16.8. The summed E-state index contributed by atoms with van der Waals surface area (Å²) in [5, 5.41) is 4.54. The summed E-state index contributed by atoms with van der Waals surface area (Å²) in [4.78, 5) is 22.6. The monoisotopic (exact) mass is 533 g/mol. The molecular weight excluding hydrogens is 506 g/mol. The molecule has 0 radical (unpaired) electrons. The molecule has 5 rings (SSSR count). The quantitative estimate of drug-likeness (QED) is 0.538. The number of amides is 1. The number of sulfonamides is 1. The third-order valence-corrected chi connectivity index (χ3v) is 9.94. The Morgan fingerprint density at radius 3 is 2.40 bits per heavy atom. The lowest BCUT2D eigenvalue weighted by Gasteiger charge is -2.32. The van der Waals surface area contributed by atoms with Crippen LogP contribution in [0.3, 0.4) is 0 Å². The molecule has 0 atom stereocenters. The van der Waals surface area contributed by atoms with Crippen molar-refractivity contribution in [3.05, 3.63) is 47.5 Å². The van der Waals surface area contributed by atoms with Crippen molar-refractivity contribution in [2.75, 3.05) is 56.5 Å². The molecule has 11 heteroatoms. The number of carbonyl (C=O) groups is 1. The number of likely N-dealkylation sites (N-methyl/N-ethyl adjacent to an activating group) is 1. The van der Waals surface area contributed by atoms with Crippen LogP contribution < -0.4 is 10.2 Å². The fraction of sp³-hybridized carbons (Fsp3) is 0.417. The summed E-state index contributed by atoms with van der Waals surface area (Å²) in [6.45, 7) is 4.60. The van der Waals surface area contributed by atoms with Crippen LogP contribution in [0.1, 0.15) is 12.8 Å². The van der Waals surface area contributed by atoms with Gasteiger partial charge in [-0.1, -0.05) is 22.9 Å². The average molecular weight is 534 g/mol. The molecule has 186 valence electrons. The van der Waals surface area contributed by atoms with Crippen molar-refractivity contribution in [3.63, 3.8) is 0 Å². The number of thiazole rings is 1. The third kappa shape index (κ3) is 5.31. The topological polar surface area (TPSA) is 85.8 Å². The smallest absolute Gasteiger partial charge is 0.243 e. The molecule has 2 saturated heterocycles. The summed E-state index contributed by atoms with van der Waals surface area (Å²) < 4.78 is 28.3. The van der Waals surface area contributed by atoms with Crippen molar-refractivity contribution in [1.82, 2.24) is 14.2 Å². The highest BCUT2D eigenvalue weighted by molar-refractivity contribution is 7.89. The molecule has 35 heavy (non-hydrogen) atoms. The van der Waals surface area contributed by atoms with Crippen molar-refractivity contribution in [2.24, 2.45) is 5.92 Å². The fourth-order valence-electron chi connectivity index (χ4n) is 4.48. The highest BCUT2D eigenvalue weighted by Gasteiger charge is 2.32. The van der Waals surface area contributed by atoms with E-state index < -0.39 is 10.0 Å². The Bertz CT molecular complexity index is 1310. The number of nitrogens with one attached hydrogen (secondary N) is 1. The molecule has 1 amide bonds. The lowest BCUT2D eigenvalue weighted by molar-refractivity contribution is -0.120. The maximum absolute atomic E-state index is 12.9. The molecule has 0 unspecified atom stereocenters. The van der Waals surface area contributed by atoms with Crippen LogP contribution in [0, 0.1) is 5.92 Å². The Labute approximate surface area is 214 Å². The Morgan fingerprint density at radius 1 is 1.03 bits per heavy atom. The van der Waals surface area contributed by atoms with Crippen molar-refractivity contribution in [1.29, 1.82) is 0 Å². The summed E-state index contributed by atoms with van der Waals surface area (Å²) in [6.07, 6.45) is 0.962. The van der Waals surface area contributed by atoms with Gasteiger partial charge in [0.15, 0.2) is 5.13 Å². The van der Waals surface area contributed by atoms with E-state index in [-0.39, 0.29) is 16.7 Å². The van der Waals surface area contributed by atoms with E-state index >= 15 is 0 Å². The van der Waals surface area contributed by atoms with Crippen molar-refractivity contribution in [2.45, 2.75) is 17.7 Å². The molecule has 0 saturated carbocycles. The summed E-state index contributed by atoms with van der Waals surface area (Å²) in [6, 6.07) is 12.0. The van der Waals surface area contributed by atoms with E-state index in [4.69, 9.17) is 16.6 Å². The van der Waals surface area contributed by atoms with Gasteiger partial charge in [-0.3, -0.25) is 4.79 Å². The standard InChI is InChI=1S/C24H28ClN5O3S2/c1-28-12-14-29(15-13-28)24-27-21-7-4-19(16-22(21)34-24)26-23(31)17-8-10-30(11-9-17)35(32,33)20-5-2-18(25)3-6-20/h2-7,16-17H,8-15H2,1H3,(H,26,31). The maximum Gasteiger partial charge on any atom is 0.243 e. The van der Waals surface area contributed by atoms with Crippen LogP contribution in [-0.2, 0) is 14.8 Å². The predicted octanol–water partition coefficient (Wildman–Crippen LogP) is 3.74. The number of carbonyl (C=O) groups excluding carboxylic acids is 1. The molecule has 2 aliphatic rings. The van der Waals surface area contributed by atoms with Gasteiger partial charge in [-0.2, -0.15) is 4.31 Å². The molecule has 3 heterocycles. The molecule has 2 aliphatic heterocycles. The zero-order valence-corrected chi connectivity index (χ0v) is 21.9. The van der Waals surface area contributed by atoms with Crippen molar-refractivity contribution < 1.29 is 13.2 Å². The number of aromatic nitrogens is 1. The van der Waals surface area contributed by atoms with E-state index in [0.717, 1.165) is 47.2 Å². The van der Waals surface area contributed by atoms with Gasteiger partial charge in [-0.05, 0) is 62.4 Å². The molecule has 1 N–H and O–H groups in total. The summed E-state index contributed by atoms with van der Waals surface area (Å²) in [7, 11) is -1.46. The van der Waals surface area contributed by atoms with Crippen LogP contribution in [0.25, 0.3) is 10.2 Å². The molecule has 0 aliphatic carbocycles. The molecule has 0 bridgehead atoms. The molecule has 2 fully saturated rings. The van der Waals surface area contributed by atoms with E-state index in [1.54, 1.807) is 23.5 Å². The molecule has 3 aromatic rings. The Hall–Kier alpha value is -2.24. The van der Waals surface area contributed by atoms with Gasteiger partial charge in [0.2, 0.25) is 15.9 Å². The highest BCUT2D eigenvalue weighted by Crippen LogP contribution is 2.32. The van der Waals surface area contributed by atoms with E-state index in [9.17, 15) is 13.2 Å². The van der Waals surface area contributed by atoms with Gasteiger partial charge in [0.05, 0.1) is 15.1 Å². The maximum atomic E-state index is 12.9. The van der Waals surface area contributed by atoms with Gasteiger partial charge in [0, 0.05) is 55.9 Å². The van der Waals surface area contributed by atoms with Gasteiger partial charge in [0.1, 0.15) is 0 Å². The lowest BCUT2D eigenvalue weighted by atomic mass is 9.97. The minimum atomic E-state index is -3.59. The molecule has 2 aromatic carbocycles. The Kier molecular flexibility index (Phi) is 7.00. The predicted molar refractivity (Wildman–Crippen MR) is 141 cm³/mol. The number of piperidine rings is 1. The lowest BCUT2D eigenvalue weighted by Crippen LogP contribution is -2.44.